The van der Waals surface area contributed by atoms with Crippen LogP contribution in [0.4, 0.5) is 13.2 Å². The lowest BCUT2D eigenvalue weighted by molar-refractivity contribution is -0.138. The van der Waals surface area contributed by atoms with Gasteiger partial charge in [-0.2, -0.15) is 13.2 Å². The Morgan fingerprint density at radius 2 is 1.50 bits per heavy atom. The number of hydrogen-bond donors (Lipinski definition) is 1. The number of benzene rings is 3. The maximum atomic E-state index is 13.6. The highest BCUT2D eigenvalue weighted by Gasteiger charge is 2.52. The molecule has 2 fully saturated rings. The Labute approximate surface area is 234 Å². The normalized spacial score (nSPS) is 20.8. The summed E-state index contributed by atoms with van der Waals surface area (Å²) in [7, 11) is 0. The van der Waals surface area contributed by atoms with Crippen molar-refractivity contribution in [2.45, 2.75) is 49.8 Å². The molecule has 0 spiro atoms. The van der Waals surface area contributed by atoms with E-state index in [1.54, 1.807) is 6.07 Å². The number of nitrogens with one attached hydrogen (secondary N) is 1. The number of nitrogens with zero attached hydrogens (tertiary/aromatic N) is 1. The van der Waals surface area contributed by atoms with E-state index < -0.39 is 22.8 Å². The van der Waals surface area contributed by atoms with Crippen LogP contribution >= 0.6 is 0 Å². The van der Waals surface area contributed by atoms with Gasteiger partial charge in [-0.15, -0.1) is 0 Å². The van der Waals surface area contributed by atoms with Crippen molar-refractivity contribution in [1.82, 2.24) is 10.2 Å². The average molecular weight is 551 g/mol. The number of ether oxygens (including phenoxy) is 1. The second-order valence-corrected chi connectivity index (χ2v) is 11.0. The molecule has 212 valence electrons. The van der Waals surface area contributed by atoms with Crippen molar-refractivity contribution in [3.8, 4) is 0 Å². The van der Waals surface area contributed by atoms with Crippen LogP contribution in [0.5, 0.6) is 0 Å². The van der Waals surface area contributed by atoms with E-state index in [0.29, 0.717) is 31.6 Å². The number of amides is 1. The van der Waals surface area contributed by atoms with E-state index in [-0.39, 0.29) is 11.8 Å². The fourth-order valence-electron chi connectivity index (χ4n) is 6.58. The topological polar surface area (TPSA) is 41.6 Å². The van der Waals surface area contributed by atoms with Crippen molar-refractivity contribution in [2.75, 3.05) is 32.8 Å². The standard InChI is InChI=1S/C33H37F3N2O2/c1-2-22-40-31(27-14-9-15-28(23-27)33(34,35)36)17-20-38(21-18-31)19-16-29-24-37-30(39)32(29,25-10-5-3-6-11-25)26-12-7-4-8-13-26/h3-15,23,29H,2,16-22,24H2,1H3,(H,37,39). The second-order valence-electron chi connectivity index (χ2n) is 11.0. The third-order valence-corrected chi connectivity index (χ3v) is 8.69. The fraction of sp³-hybridized carbons (Fsp3) is 0.424. The van der Waals surface area contributed by atoms with Gasteiger partial charge >= 0.3 is 6.18 Å². The Kier molecular flexibility index (Phi) is 8.34. The summed E-state index contributed by atoms with van der Waals surface area (Å²) in [5.74, 6) is 0.0985. The third kappa shape index (κ3) is 5.41. The van der Waals surface area contributed by atoms with E-state index in [1.807, 2.05) is 67.6 Å². The van der Waals surface area contributed by atoms with E-state index in [0.717, 1.165) is 49.7 Å². The number of carbonyl (C=O) groups excluding carboxylic acids is 1. The number of hydrogen-bond acceptors (Lipinski definition) is 3. The van der Waals surface area contributed by atoms with Gasteiger partial charge in [0.25, 0.3) is 0 Å². The predicted octanol–water partition coefficient (Wildman–Crippen LogP) is 6.55. The first-order valence-corrected chi connectivity index (χ1v) is 14.2. The number of carbonyl (C=O) groups is 1. The minimum absolute atomic E-state index is 0.0325. The largest absolute Gasteiger partial charge is 0.416 e. The molecule has 3 aromatic rings. The molecule has 0 radical (unpaired) electrons. The molecule has 40 heavy (non-hydrogen) atoms. The molecular formula is C33H37F3N2O2. The molecule has 0 bridgehead atoms. The van der Waals surface area contributed by atoms with E-state index in [1.165, 1.54) is 12.1 Å². The van der Waals surface area contributed by atoms with Gasteiger partial charge in [-0.05, 0) is 61.1 Å². The van der Waals surface area contributed by atoms with Crippen molar-refractivity contribution in [3.05, 3.63) is 107 Å². The lowest BCUT2D eigenvalue weighted by Crippen LogP contribution is -2.46. The van der Waals surface area contributed by atoms with Crippen LogP contribution < -0.4 is 5.32 Å². The lowest BCUT2D eigenvalue weighted by atomic mass is 9.66. The minimum atomic E-state index is -4.39. The summed E-state index contributed by atoms with van der Waals surface area (Å²) in [6, 6.07) is 25.7. The molecule has 1 atom stereocenters. The molecule has 4 nitrogen and oxygen atoms in total. The Bertz CT molecular complexity index is 1230. The Hall–Kier alpha value is -3.16. The van der Waals surface area contributed by atoms with Crippen LogP contribution in [-0.4, -0.2) is 43.6 Å². The van der Waals surface area contributed by atoms with Gasteiger partial charge in [-0.1, -0.05) is 79.7 Å². The van der Waals surface area contributed by atoms with Crippen molar-refractivity contribution < 1.29 is 22.7 Å². The zero-order valence-electron chi connectivity index (χ0n) is 22.9. The summed E-state index contributed by atoms with van der Waals surface area (Å²) >= 11 is 0. The van der Waals surface area contributed by atoms with E-state index in [9.17, 15) is 18.0 Å². The monoisotopic (exact) mass is 550 g/mol. The molecule has 0 aromatic heterocycles. The van der Waals surface area contributed by atoms with Gasteiger partial charge in [0.2, 0.25) is 5.91 Å². The highest BCUT2D eigenvalue weighted by Crippen LogP contribution is 2.45. The Morgan fingerprint density at radius 1 is 0.900 bits per heavy atom. The molecular weight excluding hydrogens is 513 g/mol. The summed E-state index contributed by atoms with van der Waals surface area (Å²) in [6.07, 6.45) is -1.53. The number of rotatable bonds is 9. The van der Waals surface area contributed by atoms with Crippen LogP contribution in [-0.2, 0) is 26.7 Å². The maximum absolute atomic E-state index is 13.6. The van der Waals surface area contributed by atoms with Crippen molar-refractivity contribution in [1.29, 1.82) is 0 Å². The number of alkyl halides is 3. The quantitative estimate of drug-likeness (QED) is 0.329. The predicted molar refractivity (Wildman–Crippen MR) is 150 cm³/mol. The third-order valence-electron chi connectivity index (χ3n) is 8.69. The van der Waals surface area contributed by atoms with E-state index in [4.69, 9.17) is 4.74 Å². The average Bonchev–Trinajstić information content (AvgIpc) is 3.32. The van der Waals surface area contributed by atoms with Gasteiger partial charge in [0.05, 0.1) is 11.2 Å². The molecule has 2 aliphatic heterocycles. The first kappa shape index (κ1) is 28.4. The highest BCUT2D eigenvalue weighted by atomic mass is 19.4. The first-order valence-electron chi connectivity index (χ1n) is 14.2. The summed E-state index contributed by atoms with van der Waals surface area (Å²) in [5.41, 5.74) is 0.477. The Balaban J connectivity index is 1.34. The summed E-state index contributed by atoms with van der Waals surface area (Å²) in [6.45, 7) is 5.35. The summed E-state index contributed by atoms with van der Waals surface area (Å²) in [5, 5.41) is 3.15. The number of halogens is 3. The van der Waals surface area contributed by atoms with E-state index >= 15 is 0 Å². The van der Waals surface area contributed by atoms with Crippen LogP contribution in [0.25, 0.3) is 0 Å². The summed E-state index contributed by atoms with van der Waals surface area (Å²) < 4.78 is 46.8. The van der Waals surface area contributed by atoms with Crippen molar-refractivity contribution in [2.24, 2.45) is 5.92 Å². The van der Waals surface area contributed by atoms with Gasteiger partial charge in [0, 0.05) is 32.2 Å². The van der Waals surface area contributed by atoms with Gasteiger partial charge in [-0.25, -0.2) is 0 Å². The number of piperidine rings is 1. The Morgan fingerprint density at radius 3 is 2.08 bits per heavy atom. The molecule has 2 saturated heterocycles. The SMILES string of the molecule is CCCOC1(c2cccc(C(F)(F)F)c2)CCN(CCC2CNC(=O)C2(c2ccccc2)c2ccccc2)CC1. The minimum Gasteiger partial charge on any atom is -0.370 e. The molecule has 1 N–H and O–H groups in total. The number of likely N-dealkylation sites (tertiary alicyclic amines) is 1. The lowest BCUT2D eigenvalue weighted by Gasteiger charge is -2.43. The van der Waals surface area contributed by atoms with Crippen LogP contribution in [0.15, 0.2) is 84.9 Å². The molecule has 1 unspecified atom stereocenters. The molecule has 5 rings (SSSR count). The smallest absolute Gasteiger partial charge is 0.370 e. The van der Waals surface area contributed by atoms with Crippen molar-refractivity contribution >= 4 is 5.91 Å². The zero-order chi connectivity index (χ0) is 28.2. The highest BCUT2D eigenvalue weighted by molar-refractivity contribution is 5.94. The maximum Gasteiger partial charge on any atom is 0.416 e. The van der Waals surface area contributed by atoms with Crippen LogP contribution in [0.1, 0.15) is 54.9 Å². The summed E-state index contributed by atoms with van der Waals surface area (Å²) in [4.78, 5) is 15.9. The second kappa shape index (κ2) is 11.8. The van der Waals surface area contributed by atoms with Gasteiger partial charge < -0.3 is 15.0 Å². The molecule has 2 heterocycles. The molecule has 2 aliphatic rings. The molecule has 7 heteroatoms. The van der Waals surface area contributed by atoms with Crippen LogP contribution in [0.3, 0.4) is 0 Å². The van der Waals surface area contributed by atoms with Crippen LogP contribution in [0.2, 0.25) is 0 Å². The fourth-order valence-corrected chi connectivity index (χ4v) is 6.58. The van der Waals surface area contributed by atoms with Gasteiger partial charge in [-0.3, -0.25) is 4.79 Å². The van der Waals surface area contributed by atoms with Crippen molar-refractivity contribution in [3.63, 3.8) is 0 Å². The van der Waals surface area contributed by atoms with Gasteiger partial charge in [0.15, 0.2) is 0 Å². The molecule has 0 saturated carbocycles. The zero-order valence-corrected chi connectivity index (χ0v) is 22.9. The molecule has 1 amide bonds. The van der Waals surface area contributed by atoms with Gasteiger partial charge in [0.1, 0.15) is 5.41 Å². The first-order chi connectivity index (χ1) is 19.3. The van der Waals surface area contributed by atoms with Crippen LogP contribution in [0, 0.1) is 5.92 Å². The van der Waals surface area contributed by atoms with E-state index in [2.05, 4.69) is 10.2 Å². The molecule has 3 aromatic carbocycles. The molecule has 0 aliphatic carbocycles.